The molecule has 4 heterocycles. The minimum atomic E-state index is -1.01. The Morgan fingerprint density at radius 1 is 1.12 bits per heavy atom. The first-order valence-corrected chi connectivity index (χ1v) is 14.3. The number of carbonyl (C=O) groups excluding carboxylic acids is 3. The lowest BCUT2D eigenvalue weighted by atomic mass is 9.96. The quantitative estimate of drug-likeness (QED) is 0.120. The van der Waals surface area contributed by atoms with E-state index in [-0.39, 0.29) is 27.9 Å². The average molecular weight is 573 g/mol. The number of thiazole rings is 1. The van der Waals surface area contributed by atoms with Crippen molar-refractivity contribution in [3.63, 3.8) is 0 Å². The highest BCUT2D eigenvalue weighted by Crippen LogP contribution is 2.44. The van der Waals surface area contributed by atoms with Gasteiger partial charge in [0.15, 0.2) is 16.7 Å². The number of pyridine rings is 1. The third kappa shape index (κ3) is 5.04. The lowest BCUT2D eigenvalue weighted by Gasteiger charge is -2.23. The monoisotopic (exact) mass is 572 g/mol. The number of ketones is 2. The third-order valence-electron chi connectivity index (χ3n) is 7.20. The van der Waals surface area contributed by atoms with Gasteiger partial charge in [-0.3, -0.25) is 19.3 Å². The van der Waals surface area contributed by atoms with Gasteiger partial charge < -0.3 is 14.2 Å². The maximum absolute atomic E-state index is 13.7. The largest absolute Gasteiger partial charge is 0.505 e. The van der Waals surface area contributed by atoms with E-state index in [9.17, 15) is 19.5 Å². The molecule has 1 amide bonds. The number of amides is 1. The molecule has 1 aromatic carbocycles. The van der Waals surface area contributed by atoms with Gasteiger partial charge in [0, 0.05) is 13.1 Å². The number of hydrogen-bond donors (Lipinski definition) is 1. The standard InChI is InChI=1S/C31H32N4O5S/c1-16(2)12-14-40-22-11-7-10-21(15-22)25-23(26(37)24-19(5)34-13-8-9-17(3)29(34)33-24)27(38)30(39)35(25)31-32-18(4)28(41-31)20(6)36/h7-11,13,15-16,25,37H,12,14H2,1-6H3/b26-23+. The van der Waals surface area contributed by atoms with Gasteiger partial charge in [-0.15, -0.1) is 0 Å². The number of carbonyl (C=O) groups is 3. The Balaban J connectivity index is 1.70. The van der Waals surface area contributed by atoms with E-state index in [1.54, 1.807) is 32.0 Å². The molecule has 41 heavy (non-hydrogen) atoms. The average Bonchev–Trinajstić information content (AvgIpc) is 3.56. The summed E-state index contributed by atoms with van der Waals surface area (Å²) in [5.41, 5.74) is 3.30. The van der Waals surface area contributed by atoms with Gasteiger partial charge in [0.2, 0.25) is 0 Å². The van der Waals surface area contributed by atoms with Crippen molar-refractivity contribution in [1.29, 1.82) is 0 Å². The minimum absolute atomic E-state index is 0.101. The highest BCUT2D eigenvalue weighted by molar-refractivity contribution is 7.18. The Hall–Kier alpha value is -4.31. The third-order valence-corrected chi connectivity index (χ3v) is 8.46. The van der Waals surface area contributed by atoms with Crippen LogP contribution in [-0.4, -0.2) is 43.6 Å². The molecule has 0 spiro atoms. The van der Waals surface area contributed by atoms with E-state index in [4.69, 9.17) is 4.74 Å². The van der Waals surface area contributed by atoms with E-state index in [1.165, 1.54) is 11.8 Å². The Morgan fingerprint density at radius 2 is 1.88 bits per heavy atom. The molecule has 10 heteroatoms. The first kappa shape index (κ1) is 28.2. The molecule has 9 nitrogen and oxygen atoms in total. The van der Waals surface area contributed by atoms with Gasteiger partial charge >= 0.3 is 5.91 Å². The van der Waals surface area contributed by atoms with Crippen molar-refractivity contribution in [2.45, 2.75) is 54.0 Å². The molecule has 4 aromatic rings. The van der Waals surface area contributed by atoms with Gasteiger partial charge in [-0.25, -0.2) is 9.97 Å². The van der Waals surface area contributed by atoms with Crippen molar-refractivity contribution < 1.29 is 24.2 Å². The van der Waals surface area contributed by atoms with Gasteiger partial charge in [-0.05, 0) is 62.4 Å². The summed E-state index contributed by atoms with van der Waals surface area (Å²) in [6.45, 7) is 11.6. The second kappa shape index (κ2) is 10.9. The Bertz CT molecular complexity index is 1730. The van der Waals surface area contributed by atoms with Crippen LogP contribution >= 0.6 is 11.3 Å². The highest BCUT2D eigenvalue weighted by Gasteiger charge is 2.49. The molecular weight excluding hydrogens is 540 g/mol. The zero-order valence-corrected chi connectivity index (χ0v) is 24.7. The summed E-state index contributed by atoms with van der Waals surface area (Å²) in [6, 6.07) is 9.91. The molecule has 0 radical (unpaired) electrons. The molecule has 1 saturated heterocycles. The van der Waals surface area contributed by atoms with Crippen molar-refractivity contribution >= 4 is 45.3 Å². The number of aliphatic hydroxyl groups is 1. The number of hydrogen-bond acceptors (Lipinski definition) is 8. The van der Waals surface area contributed by atoms with E-state index in [1.807, 2.05) is 35.7 Å². The summed E-state index contributed by atoms with van der Waals surface area (Å²) in [5, 5.41) is 11.9. The Kier molecular flexibility index (Phi) is 7.52. The fraction of sp³-hybridized carbons (Fsp3) is 0.323. The fourth-order valence-electron chi connectivity index (χ4n) is 5.02. The van der Waals surface area contributed by atoms with Gasteiger partial charge in [0.25, 0.3) is 5.78 Å². The summed E-state index contributed by atoms with van der Waals surface area (Å²) < 4.78 is 7.81. The van der Waals surface area contributed by atoms with Crippen LogP contribution in [0.3, 0.4) is 0 Å². The fourth-order valence-corrected chi connectivity index (χ4v) is 6.01. The molecular formula is C31H32N4O5S. The number of aryl methyl sites for hydroxylation is 3. The number of ether oxygens (including phenoxy) is 1. The molecule has 0 bridgehead atoms. The number of anilines is 1. The molecule has 1 aliphatic heterocycles. The van der Waals surface area contributed by atoms with Gasteiger partial charge in [-0.1, -0.05) is 43.4 Å². The van der Waals surface area contributed by atoms with Crippen LogP contribution in [0.5, 0.6) is 5.75 Å². The van der Waals surface area contributed by atoms with Crippen LogP contribution < -0.4 is 9.64 Å². The van der Waals surface area contributed by atoms with Gasteiger partial charge in [0.1, 0.15) is 17.1 Å². The normalized spacial score (nSPS) is 16.8. The molecule has 1 atom stereocenters. The van der Waals surface area contributed by atoms with Crippen molar-refractivity contribution in [2.75, 3.05) is 11.5 Å². The summed E-state index contributed by atoms with van der Waals surface area (Å²) >= 11 is 1.05. The molecule has 0 saturated carbocycles. The van der Waals surface area contributed by atoms with Crippen LogP contribution in [0.1, 0.15) is 71.1 Å². The summed E-state index contributed by atoms with van der Waals surface area (Å²) in [7, 11) is 0. The van der Waals surface area contributed by atoms with Crippen LogP contribution in [0.4, 0.5) is 5.13 Å². The van der Waals surface area contributed by atoms with Crippen LogP contribution in [0.15, 0.2) is 48.2 Å². The van der Waals surface area contributed by atoms with Crippen LogP contribution in [-0.2, 0) is 9.59 Å². The van der Waals surface area contributed by atoms with E-state index < -0.39 is 17.7 Å². The predicted molar refractivity (Wildman–Crippen MR) is 158 cm³/mol. The zero-order chi connectivity index (χ0) is 29.6. The number of benzene rings is 1. The van der Waals surface area contributed by atoms with Gasteiger partial charge in [-0.2, -0.15) is 0 Å². The van der Waals surface area contributed by atoms with Crippen molar-refractivity contribution in [3.05, 3.63) is 81.3 Å². The second-order valence-corrected chi connectivity index (χ2v) is 11.6. The summed E-state index contributed by atoms with van der Waals surface area (Å²) in [4.78, 5) is 50.3. The Labute approximate surface area is 242 Å². The number of imidazole rings is 1. The maximum atomic E-state index is 13.7. The highest BCUT2D eigenvalue weighted by atomic mass is 32.1. The topological polar surface area (TPSA) is 114 Å². The van der Waals surface area contributed by atoms with Crippen LogP contribution in [0, 0.1) is 26.7 Å². The molecule has 3 aromatic heterocycles. The van der Waals surface area contributed by atoms with Crippen LogP contribution in [0.25, 0.3) is 11.4 Å². The summed E-state index contributed by atoms with van der Waals surface area (Å²) in [5.74, 6) is -1.22. The van der Waals surface area contributed by atoms with E-state index in [0.717, 1.165) is 23.3 Å². The smallest absolute Gasteiger partial charge is 0.301 e. The van der Waals surface area contributed by atoms with Crippen molar-refractivity contribution in [2.24, 2.45) is 5.92 Å². The van der Waals surface area contributed by atoms with Crippen molar-refractivity contribution in [3.8, 4) is 5.75 Å². The molecule has 212 valence electrons. The molecule has 1 fully saturated rings. The van der Waals surface area contributed by atoms with Gasteiger partial charge in [0.05, 0.1) is 34.5 Å². The molecule has 1 unspecified atom stereocenters. The zero-order valence-electron chi connectivity index (χ0n) is 23.9. The second-order valence-electron chi connectivity index (χ2n) is 10.7. The predicted octanol–water partition coefficient (Wildman–Crippen LogP) is 5.97. The summed E-state index contributed by atoms with van der Waals surface area (Å²) in [6.07, 6.45) is 2.69. The molecule has 0 aliphatic carbocycles. The van der Waals surface area contributed by atoms with Crippen molar-refractivity contribution in [1.82, 2.24) is 14.4 Å². The number of aromatic nitrogens is 3. The lowest BCUT2D eigenvalue weighted by molar-refractivity contribution is -0.132. The maximum Gasteiger partial charge on any atom is 0.301 e. The number of fused-ring (bicyclic) bond motifs is 1. The first-order chi connectivity index (χ1) is 19.5. The SMILES string of the molecule is CC(=O)c1sc(N2C(=O)C(=O)/C(=C(/O)c3nc4c(C)cccn4c3C)C2c2cccc(OCCC(C)C)c2)nc1C. The number of nitrogens with zero attached hydrogens (tertiary/aromatic N) is 4. The minimum Gasteiger partial charge on any atom is -0.505 e. The number of aliphatic hydroxyl groups excluding tert-OH is 1. The van der Waals surface area contributed by atoms with E-state index in [2.05, 4.69) is 23.8 Å². The van der Waals surface area contributed by atoms with E-state index in [0.29, 0.717) is 45.7 Å². The number of Topliss-reactive ketones (excluding diaryl/α,β-unsaturated/α-hetero) is 2. The molecule has 1 N–H and O–H groups in total. The van der Waals surface area contributed by atoms with Crippen LogP contribution in [0.2, 0.25) is 0 Å². The first-order valence-electron chi connectivity index (χ1n) is 13.5. The van der Waals surface area contributed by atoms with E-state index >= 15 is 0 Å². The number of rotatable bonds is 8. The Morgan fingerprint density at radius 3 is 2.54 bits per heavy atom. The molecule has 5 rings (SSSR count). The lowest BCUT2D eigenvalue weighted by Crippen LogP contribution is -2.29. The molecule has 1 aliphatic rings.